The van der Waals surface area contributed by atoms with Gasteiger partial charge in [-0.05, 0) is 170 Å². The molecule has 2 fully saturated rings. The van der Waals surface area contributed by atoms with Gasteiger partial charge in [0.2, 0.25) is 0 Å². The van der Waals surface area contributed by atoms with Gasteiger partial charge in [-0.25, -0.2) is 9.36 Å². The summed E-state index contributed by atoms with van der Waals surface area (Å²) >= 11 is 0. The lowest BCUT2D eigenvalue weighted by atomic mass is 9.95. The molecule has 2 aromatic heterocycles. The first-order chi connectivity index (χ1) is 35.0. The summed E-state index contributed by atoms with van der Waals surface area (Å²) in [4.78, 5) is 27.0. The zero-order valence-corrected chi connectivity index (χ0v) is 41.3. The summed E-state index contributed by atoms with van der Waals surface area (Å²) in [5.41, 5.74) is 38.2. The van der Waals surface area contributed by atoms with Crippen molar-refractivity contribution < 1.29 is 9.59 Å². The van der Waals surface area contributed by atoms with Gasteiger partial charge >= 0.3 is 0 Å². The summed E-state index contributed by atoms with van der Waals surface area (Å²) in [7, 11) is 0. The molecule has 2 unspecified atom stereocenters. The van der Waals surface area contributed by atoms with Crippen LogP contribution in [0.4, 0.5) is 11.4 Å². The largest absolute Gasteiger partial charge is 0.399 e. The van der Waals surface area contributed by atoms with E-state index in [2.05, 4.69) is 57.2 Å². The van der Waals surface area contributed by atoms with E-state index in [1.165, 1.54) is 25.7 Å². The van der Waals surface area contributed by atoms with E-state index >= 15 is 0 Å². The van der Waals surface area contributed by atoms with Gasteiger partial charge in [0.05, 0.1) is 34.8 Å². The molecule has 12 heteroatoms. The van der Waals surface area contributed by atoms with E-state index in [9.17, 15) is 9.59 Å². The van der Waals surface area contributed by atoms with E-state index in [0.29, 0.717) is 37.3 Å². The number of aromatic nitrogens is 4. The number of aryl methyl sites for hydroxylation is 2. The number of nitrogens with two attached hydrogens (primary N) is 4. The second-order valence-electron chi connectivity index (χ2n) is 19.5. The first-order valence-corrected chi connectivity index (χ1v) is 25.1. The van der Waals surface area contributed by atoms with Gasteiger partial charge in [0.15, 0.2) is 11.6 Å². The summed E-state index contributed by atoms with van der Waals surface area (Å²) in [6, 6.07) is 52.1. The number of nitrogens with zero attached hydrogens (tertiary/aromatic N) is 4. The van der Waals surface area contributed by atoms with Crippen LogP contribution in [0, 0.1) is 25.7 Å². The third-order valence-corrected chi connectivity index (χ3v) is 13.4. The molecule has 0 amide bonds. The minimum Gasteiger partial charge on any atom is -0.399 e. The Hall–Kier alpha value is -7.48. The molecule has 2 aliphatic carbocycles. The van der Waals surface area contributed by atoms with Crippen molar-refractivity contribution in [3.05, 3.63) is 225 Å². The van der Waals surface area contributed by atoms with Crippen LogP contribution in [0.1, 0.15) is 122 Å². The average molecular weight is 975 g/mol. The number of hydrogen-bond acceptors (Lipinski definition) is 10. The molecule has 0 aliphatic heterocycles. The molecule has 0 radical (unpaired) electrons. The van der Waals surface area contributed by atoms with Crippen molar-refractivity contribution in [2.75, 3.05) is 24.6 Å². The summed E-state index contributed by atoms with van der Waals surface area (Å²) in [6.45, 7) is 6.64. The number of hydrogen-bond donors (Lipinski definition) is 6. The molecule has 8 aromatic rings. The van der Waals surface area contributed by atoms with Crippen LogP contribution in [0.3, 0.4) is 0 Å². The summed E-state index contributed by atoms with van der Waals surface area (Å²) < 4.78 is 3.46. The molecule has 0 spiro atoms. The smallest absolute Gasteiger partial charge is 0.185 e. The van der Waals surface area contributed by atoms with Crippen LogP contribution in [0.2, 0.25) is 0 Å². The molecule has 12 nitrogen and oxygen atoms in total. The monoisotopic (exact) mass is 975 g/mol. The maximum atomic E-state index is 13.5. The summed E-state index contributed by atoms with van der Waals surface area (Å²) in [6.07, 6.45) is 5.72. The van der Waals surface area contributed by atoms with Gasteiger partial charge in [0.25, 0.3) is 0 Å². The number of rotatable bonds is 20. The Bertz CT molecular complexity index is 2950. The molecule has 2 atom stereocenters. The standard InChI is InChI=1S/2C30H33N5O.CH4/c2*1-20-13-28(35(34-20)27-10-3-6-23(15-27)18-31)29(36)16-22-5-2-7-24(14-22)30(33-19-21-11-12-21)25-8-4-9-26(32)17-25;/h2*2-10,13-15,17,21,30,33H,11-12,16,18-19,31-32H2,1H3;1H4. The van der Waals surface area contributed by atoms with Crippen molar-refractivity contribution in [2.24, 2.45) is 23.3 Å². The molecule has 376 valence electrons. The number of ketones is 2. The first-order valence-electron chi connectivity index (χ1n) is 25.1. The number of benzene rings is 6. The van der Waals surface area contributed by atoms with Crippen LogP contribution in [-0.2, 0) is 25.9 Å². The zero-order chi connectivity index (χ0) is 50.1. The van der Waals surface area contributed by atoms with Gasteiger partial charge in [-0.2, -0.15) is 10.2 Å². The quantitative estimate of drug-likeness (QED) is 0.0316. The number of carbonyl (C=O) groups is 2. The third kappa shape index (κ3) is 13.5. The van der Waals surface area contributed by atoms with E-state index < -0.39 is 0 Å². The summed E-state index contributed by atoms with van der Waals surface area (Å²) in [5.74, 6) is 1.55. The molecule has 10 rings (SSSR count). The predicted octanol–water partition coefficient (Wildman–Crippen LogP) is 10.1. The Labute approximate surface area is 430 Å². The third-order valence-electron chi connectivity index (χ3n) is 13.4. The van der Waals surface area contributed by atoms with Gasteiger partial charge in [-0.1, -0.05) is 104 Å². The van der Waals surface area contributed by atoms with Crippen molar-refractivity contribution in [1.29, 1.82) is 0 Å². The van der Waals surface area contributed by atoms with Crippen molar-refractivity contribution in [3.8, 4) is 11.4 Å². The normalized spacial score (nSPS) is 13.9. The Balaban J connectivity index is 0.000000192. The van der Waals surface area contributed by atoms with Crippen molar-refractivity contribution in [2.45, 2.75) is 85.0 Å². The average Bonchev–Trinajstić information content (AvgIpc) is 4.33. The molecule has 73 heavy (non-hydrogen) atoms. The predicted molar refractivity (Wildman–Crippen MR) is 295 cm³/mol. The van der Waals surface area contributed by atoms with E-state index in [1.807, 2.05) is 135 Å². The fourth-order valence-electron chi connectivity index (χ4n) is 9.28. The number of nitrogens with one attached hydrogen (secondary N) is 2. The molecule has 2 saturated carbocycles. The topological polar surface area (TPSA) is 198 Å². The number of nitrogen functional groups attached to an aromatic ring is 2. The van der Waals surface area contributed by atoms with Crippen LogP contribution in [0.5, 0.6) is 0 Å². The second-order valence-corrected chi connectivity index (χ2v) is 19.5. The molecule has 0 saturated heterocycles. The van der Waals surface area contributed by atoms with Crippen LogP contribution >= 0.6 is 0 Å². The maximum absolute atomic E-state index is 13.5. The van der Waals surface area contributed by atoms with Crippen LogP contribution in [-0.4, -0.2) is 44.2 Å². The Kier molecular flexibility index (Phi) is 16.9. The lowest BCUT2D eigenvalue weighted by Gasteiger charge is -2.21. The minimum absolute atomic E-state index is 0. The van der Waals surface area contributed by atoms with Crippen molar-refractivity contribution in [1.82, 2.24) is 30.2 Å². The van der Waals surface area contributed by atoms with E-state index in [0.717, 1.165) is 104 Å². The molecule has 2 aliphatic rings. The molecule has 6 aromatic carbocycles. The molecular weight excluding hydrogens is 905 g/mol. The molecule has 0 bridgehead atoms. The van der Waals surface area contributed by atoms with Crippen LogP contribution in [0.25, 0.3) is 11.4 Å². The van der Waals surface area contributed by atoms with Gasteiger partial charge in [0.1, 0.15) is 11.4 Å². The van der Waals surface area contributed by atoms with Crippen LogP contribution in [0.15, 0.2) is 158 Å². The SMILES string of the molecule is C.Cc1cc(C(=O)Cc2cccc(C(NCC3CC3)c3cccc(N)c3)c2)n(-c2cccc(CN)c2)n1.Cc1cc(C(=O)Cc2cccc(C(NCC3CC3)c3cccc(N)c3)c2)n(-c2cccc(CN)c2)n1. The highest BCUT2D eigenvalue weighted by atomic mass is 16.1. The number of carbonyl (C=O) groups excluding carboxylic acids is 2. The van der Waals surface area contributed by atoms with Gasteiger partial charge in [-0.15, -0.1) is 0 Å². The molecule has 10 N–H and O–H groups in total. The van der Waals surface area contributed by atoms with Crippen molar-refractivity contribution in [3.63, 3.8) is 0 Å². The molecule has 2 heterocycles. The molecular formula is C61H70N10O2. The Morgan fingerprint density at radius 3 is 1.23 bits per heavy atom. The lowest BCUT2D eigenvalue weighted by molar-refractivity contribution is 0.0977. The maximum Gasteiger partial charge on any atom is 0.185 e. The van der Waals surface area contributed by atoms with Crippen LogP contribution < -0.4 is 33.6 Å². The number of Topliss-reactive ketones (excluding diaryl/α,β-unsaturated/α-hetero) is 2. The van der Waals surface area contributed by atoms with Gasteiger partial charge in [-0.3, -0.25) is 9.59 Å². The van der Waals surface area contributed by atoms with Gasteiger partial charge in [0, 0.05) is 37.3 Å². The Morgan fingerprint density at radius 1 is 0.507 bits per heavy atom. The fourth-order valence-corrected chi connectivity index (χ4v) is 9.28. The zero-order valence-electron chi connectivity index (χ0n) is 41.3. The Morgan fingerprint density at radius 2 is 0.863 bits per heavy atom. The van der Waals surface area contributed by atoms with Crippen molar-refractivity contribution >= 4 is 22.9 Å². The number of anilines is 2. The van der Waals surface area contributed by atoms with Gasteiger partial charge < -0.3 is 33.6 Å². The highest BCUT2D eigenvalue weighted by Crippen LogP contribution is 2.33. The fraction of sp³-hybridized carbons (Fsp3) is 0.279. The van der Waals surface area contributed by atoms with E-state index in [1.54, 1.807) is 9.36 Å². The summed E-state index contributed by atoms with van der Waals surface area (Å²) in [5, 5.41) is 16.7. The first kappa shape index (κ1) is 51.9. The highest BCUT2D eigenvalue weighted by molar-refractivity contribution is 5.97. The van der Waals surface area contributed by atoms with E-state index in [4.69, 9.17) is 22.9 Å². The highest BCUT2D eigenvalue weighted by Gasteiger charge is 2.26. The second kappa shape index (κ2) is 23.8. The minimum atomic E-state index is 0. The lowest BCUT2D eigenvalue weighted by Crippen LogP contribution is -2.25. The van der Waals surface area contributed by atoms with E-state index in [-0.39, 0.29) is 31.1 Å².